The van der Waals surface area contributed by atoms with Crippen LogP contribution in [0, 0.1) is 30.9 Å². The second-order valence-corrected chi connectivity index (χ2v) is 6.40. The predicted octanol–water partition coefficient (Wildman–Crippen LogP) is 2.75. The van der Waals surface area contributed by atoms with Gasteiger partial charge in [0, 0.05) is 18.4 Å². The number of carbonyl (C=O) groups excluding carboxylic acids is 1. The molecule has 2 heterocycles. The summed E-state index contributed by atoms with van der Waals surface area (Å²) in [5.41, 5.74) is 3.45. The molecule has 1 aromatic carbocycles. The highest BCUT2D eigenvalue weighted by Crippen LogP contribution is 2.23. The van der Waals surface area contributed by atoms with Gasteiger partial charge in [-0.2, -0.15) is 10.2 Å². The Morgan fingerprint density at radius 3 is 2.41 bits per heavy atom. The number of hydrogen-bond donors (Lipinski definition) is 1. The number of nitrogens with zero attached hydrogens (tertiary/aromatic N) is 5. The molecule has 1 N–H and O–H groups in total. The Morgan fingerprint density at radius 1 is 1.19 bits per heavy atom. The zero-order chi connectivity index (χ0) is 19.7. The van der Waals surface area contributed by atoms with Crippen molar-refractivity contribution in [2.45, 2.75) is 27.3 Å². The molecule has 3 aromatic rings. The monoisotopic (exact) mass is 368 g/mol. The number of nitrogens with one attached hydrogen (secondary N) is 1. The molecule has 0 radical (unpaired) electrons. The van der Waals surface area contributed by atoms with E-state index in [-0.39, 0.29) is 17.1 Å². The zero-order valence-corrected chi connectivity index (χ0v) is 15.6. The van der Waals surface area contributed by atoms with Gasteiger partial charge in [-0.15, -0.1) is 0 Å². The van der Waals surface area contributed by atoms with Crippen molar-refractivity contribution in [2.24, 2.45) is 7.05 Å². The lowest BCUT2D eigenvalue weighted by Gasteiger charge is -2.08. The first kappa shape index (κ1) is 18.3. The summed E-state index contributed by atoms with van der Waals surface area (Å²) < 4.78 is 3.13. The third-order valence-corrected chi connectivity index (χ3v) is 4.24. The number of hydrogen-bond acceptors (Lipinski definition) is 5. The molecule has 0 aliphatic rings. The molecule has 3 rings (SSSR count). The van der Waals surface area contributed by atoms with Gasteiger partial charge in [0.2, 0.25) is 5.69 Å². The third-order valence-electron chi connectivity index (χ3n) is 4.24. The molecule has 27 heavy (non-hydrogen) atoms. The molecule has 0 unspecified atom stereocenters. The fourth-order valence-corrected chi connectivity index (χ4v) is 3.01. The molecule has 0 bridgehead atoms. The van der Waals surface area contributed by atoms with Gasteiger partial charge in [0.15, 0.2) is 0 Å². The Bertz CT molecular complexity index is 1020. The molecule has 9 nitrogen and oxygen atoms in total. The van der Waals surface area contributed by atoms with Crippen LogP contribution in [-0.2, 0) is 13.6 Å². The quantitative estimate of drug-likeness (QED) is 0.550. The minimum atomic E-state index is -0.589. The molecule has 0 saturated heterocycles. The molecule has 0 aliphatic heterocycles. The fraction of sp³-hybridized carbons (Fsp3) is 0.278. The SMILES string of the molecule is Cc1cc(C)n(Cc2ccc(NC(=O)c3c([N+](=O)[O-])c(C)nn3C)cc2)n1. The lowest BCUT2D eigenvalue weighted by molar-refractivity contribution is -0.385. The van der Waals surface area contributed by atoms with E-state index in [2.05, 4.69) is 15.5 Å². The van der Waals surface area contributed by atoms with Gasteiger partial charge < -0.3 is 5.32 Å². The smallest absolute Gasteiger partial charge is 0.320 e. The molecular weight excluding hydrogens is 348 g/mol. The van der Waals surface area contributed by atoms with Crippen LogP contribution >= 0.6 is 0 Å². The normalized spacial score (nSPS) is 10.8. The Morgan fingerprint density at radius 2 is 1.85 bits per heavy atom. The Hall–Kier alpha value is -3.49. The number of aryl methyl sites for hydroxylation is 4. The molecule has 0 saturated carbocycles. The summed E-state index contributed by atoms with van der Waals surface area (Å²) in [5, 5.41) is 22.3. The van der Waals surface area contributed by atoms with Crippen molar-refractivity contribution >= 4 is 17.3 Å². The van der Waals surface area contributed by atoms with Crippen molar-refractivity contribution in [3.63, 3.8) is 0 Å². The molecule has 0 atom stereocenters. The van der Waals surface area contributed by atoms with Crippen LogP contribution in [0.5, 0.6) is 0 Å². The lowest BCUT2D eigenvalue weighted by atomic mass is 10.2. The van der Waals surface area contributed by atoms with Crippen molar-refractivity contribution in [3.8, 4) is 0 Å². The standard InChI is InChI=1S/C18H20N6O3/c1-11-9-12(2)23(20-11)10-14-5-7-15(8-6-14)19-18(25)17-16(24(26)27)13(3)21-22(17)4/h5-9H,10H2,1-4H3,(H,19,25). The lowest BCUT2D eigenvalue weighted by Crippen LogP contribution is -2.17. The summed E-state index contributed by atoms with van der Waals surface area (Å²) in [5.74, 6) is -0.573. The van der Waals surface area contributed by atoms with E-state index in [1.54, 1.807) is 12.1 Å². The van der Waals surface area contributed by atoms with Crippen LogP contribution in [0.3, 0.4) is 0 Å². The highest BCUT2D eigenvalue weighted by molar-refractivity contribution is 6.06. The second-order valence-electron chi connectivity index (χ2n) is 6.40. The highest BCUT2D eigenvalue weighted by atomic mass is 16.6. The van der Waals surface area contributed by atoms with Crippen molar-refractivity contribution < 1.29 is 9.72 Å². The Labute approximate surface area is 155 Å². The van der Waals surface area contributed by atoms with Crippen LogP contribution < -0.4 is 5.32 Å². The number of carbonyl (C=O) groups is 1. The van der Waals surface area contributed by atoms with E-state index in [0.717, 1.165) is 17.0 Å². The average Bonchev–Trinajstić information content (AvgIpc) is 3.06. The van der Waals surface area contributed by atoms with Gasteiger partial charge in [0.25, 0.3) is 5.91 Å². The van der Waals surface area contributed by atoms with E-state index >= 15 is 0 Å². The van der Waals surface area contributed by atoms with Crippen LogP contribution in [-0.4, -0.2) is 30.4 Å². The molecule has 2 aromatic heterocycles. The number of nitro groups is 1. The number of amides is 1. The average molecular weight is 368 g/mol. The number of anilines is 1. The van der Waals surface area contributed by atoms with Crippen molar-refractivity contribution in [1.29, 1.82) is 0 Å². The second kappa shape index (κ2) is 7.02. The van der Waals surface area contributed by atoms with Crippen LogP contribution in [0.4, 0.5) is 11.4 Å². The minimum Gasteiger partial charge on any atom is -0.320 e. The first-order valence-corrected chi connectivity index (χ1v) is 8.35. The summed E-state index contributed by atoms with van der Waals surface area (Å²) in [7, 11) is 1.51. The summed E-state index contributed by atoms with van der Waals surface area (Å²) in [4.78, 5) is 23.1. The predicted molar refractivity (Wildman–Crippen MR) is 99.8 cm³/mol. The van der Waals surface area contributed by atoms with E-state index in [4.69, 9.17) is 0 Å². The first-order chi connectivity index (χ1) is 12.8. The number of benzene rings is 1. The van der Waals surface area contributed by atoms with Gasteiger partial charge in [0.05, 0.1) is 17.2 Å². The number of rotatable bonds is 5. The molecular formula is C18H20N6O3. The fourth-order valence-electron chi connectivity index (χ4n) is 3.01. The van der Waals surface area contributed by atoms with Gasteiger partial charge in [-0.3, -0.25) is 24.3 Å². The summed E-state index contributed by atoms with van der Waals surface area (Å²) in [6.07, 6.45) is 0. The Kier molecular flexibility index (Phi) is 4.76. The zero-order valence-electron chi connectivity index (χ0n) is 15.6. The van der Waals surface area contributed by atoms with Gasteiger partial charge in [-0.25, -0.2) is 0 Å². The van der Waals surface area contributed by atoms with Gasteiger partial charge in [-0.1, -0.05) is 12.1 Å². The molecule has 0 aliphatic carbocycles. The van der Waals surface area contributed by atoms with E-state index in [1.807, 2.05) is 36.7 Å². The third kappa shape index (κ3) is 3.71. The summed E-state index contributed by atoms with van der Waals surface area (Å²) in [6.45, 7) is 6.07. The number of aromatic nitrogens is 4. The van der Waals surface area contributed by atoms with E-state index in [1.165, 1.54) is 18.7 Å². The van der Waals surface area contributed by atoms with Gasteiger partial charge in [-0.05, 0) is 44.5 Å². The molecule has 1 amide bonds. The van der Waals surface area contributed by atoms with E-state index in [0.29, 0.717) is 12.2 Å². The van der Waals surface area contributed by atoms with Crippen LogP contribution in [0.25, 0.3) is 0 Å². The van der Waals surface area contributed by atoms with Gasteiger partial charge >= 0.3 is 5.69 Å². The first-order valence-electron chi connectivity index (χ1n) is 8.35. The van der Waals surface area contributed by atoms with Crippen molar-refractivity contribution in [1.82, 2.24) is 19.6 Å². The molecule has 0 fully saturated rings. The largest absolute Gasteiger partial charge is 0.322 e. The van der Waals surface area contributed by atoms with E-state index < -0.39 is 10.8 Å². The van der Waals surface area contributed by atoms with Crippen molar-refractivity contribution in [2.75, 3.05) is 5.32 Å². The maximum absolute atomic E-state index is 12.5. The Balaban J connectivity index is 1.76. The summed E-state index contributed by atoms with van der Waals surface area (Å²) in [6, 6.07) is 9.29. The topological polar surface area (TPSA) is 108 Å². The van der Waals surface area contributed by atoms with Crippen LogP contribution in [0.2, 0.25) is 0 Å². The maximum Gasteiger partial charge on any atom is 0.322 e. The van der Waals surface area contributed by atoms with Gasteiger partial charge in [0.1, 0.15) is 5.69 Å². The highest BCUT2D eigenvalue weighted by Gasteiger charge is 2.29. The molecule has 0 spiro atoms. The van der Waals surface area contributed by atoms with E-state index in [9.17, 15) is 14.9 Å². The maximum atomic E-state index is 12.5. The van der Waals surface area contributed by atoms with Crippen LogP contribution in [0.1, 0.15) is 33.1 Å². The van der Waals surface area contributed by atoms with Crippen LogP contribution in [0.15, 0.2) is 30.3 Å². The molecule has 9 heteroatoms. The minimum absolute atomic E-state index is 0.0794. The summed E-state index contributed by atoms with van der Waals surface area (Å²) >= 11 is 0. The van der Waals surface area contributed by atoms with Crippen molar-refractivity contribution in [3.05, 3.63) is 68.8 Å². The molecule has 140 valence electrons.